The number of hydrogen-bond acceptors (Lipinski definition) is 2. The summed E-state index contributed by atoms with van der Waals surface area (Å²) < 4.78 is 13.9. The van der Waals surface area contributed by atoms with Crippen LogP contribution in [0.1, 0.15) is 25.7 Å². The molecule has 2 aliphatic rings. The van der Waals surface area contributed by atoms with Crippen LogP contribution in [0.5, 0.6) is 0 Å². The van der Waals surface area contributed by atoms with Crippen molar-refractivity contribution in [3.63, 3.8) is 0 Å². The third-order valence-electron chi connectivity index (χ3n) is 3.44. The minimum atomic E-state index is -0.293. The van der Waals surface area contributed by atoms with Crippen molar-refractivity contribution < 1.29 is 4.39 Å². The number of hydrogen-bond donors (Lipinski definition) is 0. The summed E-state index contributed by atoms with van der Waals surface area (Å²) in [6, 6.07) is 1.36. The predicted molar refractivity (Wildman–Crippen MR) is 66.9 cm³/mol. The van der Waals surface area contributed by atoms with Crippen LogP contribution in [0, 0.1) is 17.7 Å². The monoisotopic (exact) mass is 254 g/mol. The molecule has 4 heteroatoms. The van der Waals surface area contributed by atoms with E-state index < -0.39 is 0 Å². The first-order valence-corrected chi connectivity index (χ1v) is 6.66. The summed E-state index contributed by atoms with van der Waals surface area (Å²) in [7, 11) is 0. The van der Waals surface area contributed by atoms with Gasteiger partial charge in [0.2, 0.25) is 0 Å². The molecule has 2 aliphatic carbocycles. The van der Waals surface area contributed by atoms with Gasteiger partial charge in [-0.05, 0) is 43.6 Å². The molecule has 0 bridgehead atoms. The van der Waals surface area contributed by atoms with Crippen LogP contribution in [0.3, 0.4) is 0 Å². The quantitative estimate of drug-likeness (QED) is 0.800. The van der Waals surface area contributed by atoms with Crippen LogP contribution in [-0.2, 0) is 0 Å². The Kier molecular flexibility index (Phi) is 2.95. The van der Waals surface area contributed by atoms with Gasteiger partial charge in [-0.3, -0.25) is 0 Å². The Labute approximate surface area is 106 Å². The second kappa shape index (κ2) is 4.45. The van der Waals surface area contributed by atoms with Crippen LogP contribution in [0.4, 0.5) is 10.2 Å². The first-order chi connectivity index (χ1) is 8.22. The fraction of sp³-hybridized carbons (Fsp3) is 0.615. The van der Waals surface area contributed by atoms with Gasteiger partial charge in [0.25, 0.3) is 0 Å². The lowest BCUT2D eigenvalue weighted by Gasteiger charge is -2.24. The molecular formula is C13H16ClFN2. The van der Waals surface area contributed by atoms with Crippen molar-refractivity contribution in [3.8, 4) is 0 Å². The lowest BCUT2D eigenvalue weighted by molar-refractivity contribution is 0.593. The van der Waals surface area contributed by atoms with Crippen LogP contribution >= 0.6 is 11.6 Å². The number of nitrogens with zero attached hydrogens (tertiary/aromatic N) is 2. The summed E-state index contributed by atoms with van der Waals surface area (Å²) in [5.41, 5.74) is 0. The number of aromatic nitrogens is 1. The topological polar surface area (TPSA) is 16.1 Å². The average Bonchev–Trinajstić information content (AvgIpc) is 3.11. The molecule has 92 valence electrons. The van der Waals surface area contributed by atoms with Gasteiger partial charge in [-0.25, -0.2) is 9.37 Å². The molecule has 0 N–H and O–H groups in total. The summed E-state index contributed by atoms with van der Waals surface area (Å²) in [6.07, 6.45) is 6.63. The number of anilines is 1. The molecule has 0 unspecified atom stereocenters. The van der Waals surface area contributed by atoms with Crippen molar-refractivity contribution >= 4 is 17.4 Å². The average molecular weight is 255 g/mol. The zero-order valence-corrected chi connectivity index (χ0v) is 10.5. The third kappa shape index (κ3) is 2.89. The van der Waals surface area contributed by atoms with Gasteiger partial charge in [-0.1, -0.05) is 11.6 Å². The van der Waals surface area contributed by atoms with Gasteiger partial charge in [0.05, 0.1) is 5.02 Å². The summed E-state index contributed by atoms with van der Waals surface area (Å²) >= 11 is 5.74. The summed E-state index contributed by atoms with van der Waals surface area (Å²) in [5, 5.41) is 0.365. The van der Waals surface area contributed by atoms with Gasteiger partial charge in [0.1, 0.15) is 0 Å². The molecule has 1 aromatic heterocycles. The molecule has 0 spiro atoms. The zero-order chi connectivity index (χ0) is 11.8. The molecule has 1 heterocycles. The van der Waals surface area contributed by atoms with Crippen LogP contribution in [-0.4, -0.2) is 18.1 Å². The first kappa shape index (κ1) is 11.3. The highest BCUT2D eigenvalue weighted by Crippen LogP contribution is 2.36. The largest absolute Gasteiger partial charge is 0.354 e. The second-order valence-electron chi connectivity index (χ2n) is 5.25. The standard InChI is InChI=1S/C13H16ClFN2/c14-11-5-12(15)13(16-6-11)17(7-9-1-2-9)8-10-3-4-10/h5-6,9-10H,1-4,7-8H2. The Hall–Kier alpha value is -0.830. The number of rotatable bonds is 5. The van der Waals surface area contributed by atoms with E-state index in [0.29, 0.717) is 10.8 Å². The van der Waals surface area contributed by atoms with Gasteiger partial charge in [0.15, 0.2) is 11.6 Å². The molecule has 3 rings (SSSR count). The van der Waals surface area contributed by atoms with Crippen molar-refractivity contribution in [1.29, 1.82) is 0 Å². The van der Waals surface area contributed by atoms with Gasteiger partial charge >= 0.3 is 0 Å². The smallest absolute Gasteiger partial charge is 0.167 e. The van der Waals surface area contributed by atoms with Crippen LogP contribution in [0.2, 0.25) is 5.02 Å². The molecule has 0 atom stereocenters. The lowest BCUT2D eigenvalue weighted by Crippen LogP contribution is -2.29. The zero-order valence-electron chi connectivity index (χ0n) is 9.70. The highest BCUT2D eigenvalue weighted by Gasteiger charge is 2.30. The molecule has 1 aromatic rings. The van der Waals surface area contributed by atoms with Crippen LogP contribution in [0.25, 0.3) is 0 Å². The van der Waals surface area contributed by atoms with Crippen molar-refractivity contribution in [3.05, 3.63) is 23.1 Å². The summed E-state index contributed by atoms with van der Waals surface area (Å²) in [6.45, 7) is 1.89. The molecule has 2 saturated carbocycles. The van der Waals surface area contributed by atoms with Gasteiger partial charge in [-0.2, -0.15) is 0 Å². The van der Waals surface area contributed by atoms with Crippen molar-refractivity contribution in [1.82, 2.24) is 4.98 Å². The van der Waals surface area contributed by atoms with E-state index in [4.69, 9.17) is 11.6 Å². The molecule has 2 fully saturated rings. The summed E-state index contributed by atoms with van der Waals surface area (Å²) in [5.74, 6) is 1.67. The van der Waals surface area contributed by atoms with E-state index >= 15 is 0 Å². The minimum Gasteiger partial charge on any atom is -0.354 e. The van der Waals surface area contributed by atoms with E-state index in [9.17, 15) is 4.39 Å². The van der Waals surface area contributed by atoms with Crippen molar-refractivity contribution in [2.24, 2.45) is 11.8 Å². The van der Waals surface area contributed by atoms with E-state index in [1.54, 1.807) is 0 Å². The Morgan fingerprint density at radius 3 is 2.29 bits per heavy atom. The van der Waals surface area contributed by atoms with Gasteiger partial charge in [0, 0.05) is 19.3 Å². The minimum absolute atomic E-state index is 0.293. The predicted octanol–water partition coefficient (Wildman–Crippen LogP) is 3.50. The van der Waals surface area contributed by atoms with E-state index in [-0.39, 0.29) is 5.82 Å². The molecule has 17 heavy (non-hydrogen) atoms. The fourth-order valence-electron chi connectivity index (χ4n) is 2.11. The Morgan fingerprint density at radius 1 is 1.24 bits per heavy atom. The lowest BCUT2D eigenvalue weighted by atomic mass is 10.3. The SMILES string of the molecule is Fc1cc(Cl)cnc1N(CC1CC1)CC1CC1. The molecular weight excluding hydrogens is 239 g/mol. The molecule has 0 radical (unpaired) electrons. The highest BCUT2D eigenvalue weighted by atomic mass is 35.5. The van der Waals surface area contributed by atoms with Gasteiger partial charge < -0.3 is 4.90 Å². The maximum atomic E-state index is 13.9. The Balaban J connectivity index is 1.78. The normalized spacial score (nSPS) is 19.4. The Morgan fingerprint density at radius 2 is 1.82 bits per heavy atom. The molecule has 0 aromatic carbocycles. The van der Waals surface area contributed by atoms with E-state index in [2.05, 4.69) is 9.88 Å². The first-order valence-electron chi connectivity index (χ1n) is 6.28. The molecule has 0 saturated heterocycles. The van der Waals surface area contributed by atoms with E-state index in [0.717, 1.165) is 24.9 Å². The third-order valence-corrected chi connectivity index (χ3v) is 3.65. The fourth-order valence-corrected chi connectivity index (χ4v) is 2.26. The molecule has 2 nitrogen and oxygen atoms in total. The summed E-state index contributed by atoms with van der Waals surface area (Å²) in [4.78, 5) is 6.27. The number of pyridine rings is 1. The number of halogens is 2. The Bertz CT molecular complexity index is 402. The maximum absolute atomic E-state index is 13.9. The second-order valence-corrected chi connectivity index (χ2v) is 5.69. The van der Waals surface area contributed by atoms with Gasteiger partial charge in [-0.15, -0.1) is 0 Å². The molecule has 0 amide bonds. The van der Waals surface area contributed by atoms with Crippen molar-refractivity contribution in [2.45, 2.75) is 25.7 Å². The van der Waals surface area contributed by atoms with Crippen LogP contribution < -0.4 is 4.90 Å². The van der Waals surface area contributed by atoms with E-state index in [1.807, 2.05) is 0 Å². The van der Waals surface area contributed by atoms with E-state index in [1.165, 1.54) is 37.9 Å². The molecule has 0 aliphatic heterocycles. The van der Waals surface area contributed by atoms with Crippen molar-refractivity contribution in [2.75, 3.05) is 18.0 Å². The maximum Gasteiger partial charge on any atom is 0.167 e. The van der Waals surface area contributed by atoms with Crippen LogP contribution in [0.15, 0.2) is 12.3 Å². The highest BCUT2D eigenvalue weighted by molar-refractivity contribution is 6.30.